The monoisotopic (exact) mass is 362 g/mol. The van der Waals surface area contributed by atoms with Crippen LogP contribution in [-0.2, 0) is 24.2 Å². The molecule has 27 heavy (non-hydrogen) atoms. The van der Waals surface area contributed by atoms with Crippen LogP contribution in [-0.4, -0.2) is 17.7 Å². The highest BCUT2D eigenvalue weighted by Crippen LogP contribution is 2.29. The van der Waals surface area contributed by atoms with Crippen LogP contribution in [0, 0.1) is 0 Å². The van der Waals surface area contributed by atoms with Crippen molar-refractivity contribution >= 4 is 5.97 Å². The molecule has 0 saturated carbocycles. The number of hydrogen-bond donors (Lipinski definition) is 1. The van der Waals surface area contributed by atoms with Crippen molar-refractivity contribution in [1.29, 1.82) is 0 Å². The summed E-state index contributed by atoms with van der Waals surface area (Å²) in [6.07, 6.45) is 0.718. The molecule has 0 aliphatic heterocycles. The van der Waals surface area contributed by atoms with E-state index in [1.165, 1.54) is 5.56 Å². The summed E-state index contributed by atoms with van der Waals surface area (Å²) in [6.45, 7) is 0.913. The van der Waals surface area contributed by atoms with Crippen LogP contribution in [0.4, 0.5) is 0 Å². The maximum atomic E-state index is 11.0. The summed E-state index contributed by atoms with van der Waals surface area (Å²) in [7, 11) is 0. The number of benzene rings is 3. The summed E-state index contributed by atoms with van der Waals surface area (Å²) >= 11 is 0. The van der Waals surface area contributed by atoms with Crippen LogP contribution in [0.2, 0.25) is 0 Å². The fourth-order valence-corrected chi connectivity index (χ4v) is 2.73. The van der Waals surface area contributed by atoms with E-state index in [0.29, 0.717) is 30.3 Å². The van der Waals surface area contributed by atoms with Gasteiger partial charge in [0.2, 0.25) is 0 Å². The Morgan fingerprint density at radius 3 is 2.07 bits per heavy atom. The van der Waals surface area contributed by atoms with Crippen LogP contribution in [0.15, 0.2) is 78.9 Å². The van der Waals surface area contributed by atoms with E-state index in [4.69, 9.17) is 14.6 Å². The maximum Gasteiger partial charge on any atom is 0.307 e. The molecule has 0 radical (unpaired) electrons. The van der Waals surface area contributed by atoms with Crippen molar-refractivity contribution in [3.63, 3.8) is 0 Å². The van der Waals surface area contributed by atoms with Gasteiger partial charge in [0, 0.05) is 6.42 Å². The molecule has 0 aliphatic rings. The second-order valence-corrected chi connectivity index (χ2v) is 6.21. The van der Waals surface area contributed by atoms with Crippen molar-refractivity contribution in [2.45, 2.75) is 19.4 Å². The minimum absolute atomic E-state index is 0.0476. The first-order valence-corrected chi connectivity index (χ1v) is 8.89. The molecule has 0 aliphatic carbocycles. The average Bonchev–Trinajstić information content (AvgIpc) is 2.68. The lowest BCUT2D eigenvalue weighted by Crippen LogP contribution is -2.06. The third-order valence-corrected chi connectivity index (χ3v) is 4.09. The van der Waals surface area contributed by atoms with Gasteiger partial charge in [0.25, 0.3) is 0 Å². The van der Waals surface area contributed by atoms with Crippen LogP contribution in [0.5, 0.6) is 11.5 Å². The van der Waals surface area contributed by atoms with Crippen molar-refractivity contribution in [2.75, 3.05) is 6.61 Å². The molecular weight excluding hydrogens is 340 g/mol. The van der Waals surface area contributed by atoms with Gasteiger partial charge in [0.05, 0.1) is 13.0 Å². The van der Waals surface area contributed by atoms with E-state index >= 15 is 0 Å². The molecule has 3 rings (SSSR count). The van der Waals surface area contributed by atoms with Gasteiger partial charge in [-0.1, -0.05) is 66.7 Å². The fraction of sp³-hybridized carbons (Fsp3) is 0.174. The Kier molecular flexibility index (Phi) is 6.47. The molecule has 4 heteroatoms. The Bertz CT molecular complexity index is 860. The van der Waals surface area contributed by atoms with Crippen molar-refractivity contribution in [1.82, 2.24) is 0 Å². The van der Waals surface area contributed by atoms with E-state index in [0.717, 1.165) is 12.0 Å². The van der Waals surface area contributed by atoms with Gasteiger partial charge in [-0.05, 0) is 28.8 Å². The number of carboxylic acids is 1. The maximum absolute atomic E-state index is 11.0. The van der Waals surface area contributed by atoms with Gasteiger partial charge < -0.3 is 14.6 Å². The summed E-state index contributed by atoms with van der Waals surface area (Å²) in [5.41, 5.74) is 2.93. The largest absolute Gasteiger partial charge is 0.489 e. The number of hydrogen-bond acceptors (Lipinski definition) is 3. The highest BCUT2D eigenvalue weighted by Gasteiger charge is 2.10. The standard InChI is InChI=1S/C23H22O4/c24-23(25)16-20-11-12-21(27-17-19-9-5-2-6-10-19)22(15-20)26-14-13-18-7-3-1-4-8-18/h1-12,15H,13-14,16-17H2,(H,24,25). The molecule has 1 N–H and O–H groups in total. The van der Waals surface area contributed by atoms with Crippen molar-refractivity contribution in [3.05, 3.63) is 95.6 Å². The number of carboxylic acid groups (broad SMARTS) is 1. The first kappa shape index (κ1) is 18.5. The molecule has 0 aromatic heterocycles. The van der Waals surface area contributed by atoms with Crippen LogP contribution in [0.3, 0.4) is 0 Å². The van der Waals surface area contributed by atoms with Crippen molar-refractivity contribution in [3.8, 4) is 11.5 Å². The number of carbonyl (C=O) groups is 1. The van der Waals surface area contributed by atoms with Crippen LogP contribution in [0.1, 0.15) is 16.7 Å². The SMILES string of the molecule is O=C(O)Cc1ccc(OCc2ccccc2)c(OCCc2ccccc2)c1. The molecule has 0 heterocycles. The number of rotatable bonds is 9. The molecule has 0 atom stereocenters. The molecule has 138 valence electrons. The second kappa shape index (κ2) is 9.43. The smallest absolute Gasteiger partial charge is 0.307 e. The average molecular weight is 362 g/mol. The molecule has 4 nitrogen and oxygen atoms in total. The quantitative estimate of drug-likeness (QED) is 0.608. The third-order valence-electron chi connectivity index (χ3n) is 4.09. The third kappa shape index (κ3) is 5.89. The topological polar surface area (TPSA) is 55.8 Å². The van der Waals surface area contributed by atoms with E-state index in [-0.39, 0.29) is 6.42 Å². The fourth-order valence-electron chi connectivity index (χ4n) is 2.73. The highest BCUT2D eigenvalue weighted by molar-refractivity contribution is 5.70. The molecule has 3 aromatic carbocycles. The summed E-state index contributed by atoms with van der Waals surface area (Å²) in [5, 5.41) is 9.03. The molecular formula is C23H22O4. The van der Waals surface area contributed by atoms with Gasteiger partial charge in [0.1, 0.15) is 6.61 Å². The molecule has 0 spiro atoms. The number of ether oxygens (including phenoxy) is 2. The summed E-state index contributed by atoms with van der Waals surface area (Å²) < 4.78 is 11.8. The summed E-state index contributed by atoms with van der Waals surface area (Å²) in [5.74, 6) is 0.310. The van der Waals surface area contributed by atoms with E-state index < -0.39 is 5.97 Å². The van der Waals surface area contributed by atoms with Gasteiger partial charge in [-0.3, -0.25) is 4.79 Å². The van der Waals surface area contributed by atoms with Gasteiger partial charge in [-0.25, -0.2) is 0 Å². The first-order valence-electron chi connectivity index (χ1n) is 8.89. The Balaban J connectivity index is 1.69. The zero-order valence-electron chi connectivity index (χ0n) is 15.0. The molecule has 3 aromatic rings. The molecule has 0 bridgehead atoms. The van der Waals surface area contributed by atoms with Gasteiger partial charge in [-0.15, -0.1) is 0 Å². The van der Waals surface area contributed by atoms with Crippen molar-refractivity contribution < 1.29 is 19.4 Å². The zero-order valence-corrected chi connectivity index (χ0v) is 15.0. The molecule has 0 fully saturated rings. The van der Waals surface area contributed by atoms with E-state index in [1.807, 2.05) is 48.5 Å². The highest BCUT2D eigenvalue weighted by atomic mass is 16.5. The van der Waals surface area contributed by atoms with Crippen LogP contribution in [0.25, 0.3) is 0 Å². The lowest BCUT2D eigenvalue weighted by atomic mass is 10.1. The molecule has 0 saturated heterocycles. The van der Waals surface area contributed by atoms with E-state index in [1.54, 1.807) is 18.2 Å². The Hall–Kier alpha value is -3.27. The van der Waals surface area contributed by atoms with Crippen molar-refractivity contribution in [2.24, 2.45) is 0 Å². The van der Waals surface area contributed by atoms with E-state index in [2.05, 4.69) is 12.1 Å². The Morgan fingerprint density at radius 1 is 0.741 bits per heavy atom. The lowest BCUT2D eigenvalue weighted by molar-refractivity contribution is -0.136. The van der Waals surface area contributed by atoms with Gasteiger partial charge in [0.15, 0.2) is 11.5 Å². The zero-order chi connectivity index (χ0) is 18.9. The molecule has 0 unspecified atom stereocenters. The first-order chi connectivity index (χ1) is 13.2. The Morgan fingerprint density at radius 2 is 1.41 bits per heavy atom. The predicted octanol–water partition coefficient (Wildman–Crippen LogP) is 4.51. The van der Waals surface area contributed by atoms with Crippen LogP contribution < -0.4 is 9.47 Å². The minimum Gasteiger partial charge on any atom is -0.489 e. The minimum atomic E-state index is -0.872. The van der Waals surface area contributed by atoms with Gasteiger partial charge in [-0.2, -0.15) is 0 Å². The Labute approximate surface area is 159 Å². The number of aliphatic carboxylic acids is 1. The molecule has 0 amide bonds. The second-order valence-electron chi connectivity index (χ2n) is 6.21. The lowest BCUT2D eigenvalue weighted by Gasteiger charge is -2.14. The summed E-state index contributed by atoms with van der Waals surface area (Å²) in [4.78, 5) is 11.0. The normalized spacial score (nSPS) is 10.4. The van der Waals surface area contributed by atoms with Gasteiger partial charge >= 0.3 is 5.97 Å². The van der Waals surface area contributed by atoms with E-state index in [9.17, 15) is 4.79 Å². The predicted molar refractivity (Wildman–Crippen MR) is 104 cm³/mol. The van der Waals surface area contributed by atoms with Crippen LogP contribution >= 0.6 is 0 Å². The summed E-state index contributed by atoms with van der Waals surface area (Å²) in [6, 6.07) is 25.2.